The van der Waals surface area contributed by atoms with Gasteiger partial charge in [0.15, 0.2) is 17.7 Å². The summed E-state index contributed by atoms with van der Waals surface area (Å²) >= 11 is 3.86. The predicted octanol–water partition coefficient (Wildman–Crippen LogP) is -0.153. The van der Waals surface area contributed by atoms with Crippen LogP contribution in [0.25, 0.3) is 11.2 Å². The number of aromatic nitrogens is 4. The van der Waals surface area contributed by atoms with E-state index in [4.69, 9.17) is 19.7 Å². The zero-order valence-electron chi connectivity index (χ0n) is 12.1. The number of methoxy groups -OCH3 is 1. The number of thiol groups is 1. The highest BCUT2D eigenvalue weighted by atomic mass is 32.7. The lowest BCUT2D eigenvalue weighted by Gasteiger charge is -2.23. The van der Waals surface area contributed by atoms with Crippen LogP contribution >= 0.6 is 19.8 Å². The molecule has 0 aromatic carbocycles. The Bertz CT molecular complexity index is 688. The van der Waals surface area contributed by atoms with Crippen molar-refractivity contribution in [3.63, 3.8) is 0 Å². The first-order valence-corrected chi connectivity index (χ1v) is 9.00. The molecule has 0 aliphatic carbocycles. The van der Waals surface area contributed by atoms with Crippen LogP contribution in [0.5, 0.6) is 0 Å². The number of nitrogens with two attached hydrogens (primary N) is 1. The van der Waals surface area contributed by atoms with Gasteiger partial charge in [0.2, 0.25) is 7.58 Å². The van der Waals surface area contributed by atoms with Crippen molar-refractivity contribution in [2.24, 2.45) is 0 Å². The molecule has 23 heavy (non-hydrogen) atoms. The van der Waals surface area contributed by atoms with E-state index >= 15 is 0 Å². The summed E-state index contributed by atoms with van der Waals surface area (Å²) in [4.78, 5) is 21.7. The predicted molar refractivity (Wildman–Crippen MR) is 84.5 cm³/mol. The molecular weight excluding hydrogens is 345 g/mol. The number of ether oxygens (including phenoxy) is 2. The van der Waals surface area contributed by atoms with Gasteiger partial charge in [-0.1, -0.05) is 12.2 Å². The lowest BCUT2D eigenvalue weighted by molar-refractivity contribution is -0.0583. The first kappa shape index (κ1) is 16.8. The third-order valence-corrected chi connectivity index (χ3v) is 4.33. The van der Waals surface area contributed by atoms with E-state index in [0.29, 0.717) is 11.2 Å². The molecule has 0 radical (unpaired) electrons. The number of nitrogen functional groups attached to an aromatic ring is 1. The second kappa shape index (κ2) is 6.81. The molecule has 2 aromatic rings. The van der Waals surface area contributed by atoms with Gasteiger partial charge in [0, 0.05) is 7.11 Å². The lowest BCUT2D eigenvalue weighted by Crippen LogP contribution is -2.36. The summed E-state index contributed by atoms with van der Waals surface area (Å²) in [6.07, 6.45) is 0.178. The summed E-state index contributed by atoms with van der Waals surface area (Å²) in [5, 5.41) is 9.50. The molecule has 0 saturated carbocycles. The van der Waals surface area contributed by atoms with Crippen LogP contribution in [0.1, 0.15) is 6.23 Å². The Morgan fingerprint density at radius 1 is 1.43 bits per heavy atom. The highest BCUT2D eigenvalue weighted by Crippen LogP contribution is 2.44. The number of imidazole rings is 1. The first-order chi connectivity index (χ1) is 11.1. The van der Waals surface area contributed by atoms with Crippen molar-refractivity contribution in [2.75, 3.05) is 19.5 Å². The maximum absolute atomic E-state index is 9.50. The Hall–Kier alpha value is -1.07. The number of aliphatic hydroxyl groups excluding tert-OH is 1. The van der Waals surface area contributed by atoms with Gasteiger partial charge in [0.05, 0.1) is 12.9 Å². The van der Waals surface area contributed by atoms with Crippen molar-refractivity contribution in [2.45, 2.75) is 24.5 Å². The van der Waals surface area contributed by atoms with Crippen molar-refractivity contribution in [3.8, 4) is 0 Å². The Kier molecular flexibility index (Phi) is 4.97. The fraction of sp³-hybridized carbons (Fsp3) is 0.545. The molecule has 1 fully saturated rings. The number of anilines is 1. The quantitative estimate of drug-likeness (QED) is 0.423. The van der Waals surface area contributed by atoms with E-state index in [9.17, 15) is 10.00 Å². The number of hydrogen-bond acceptors (Lipinski definition) is 10. The van der Waals surface area contributed by atoms with Crippen LogP contribution in [0.3, 0.4) is 0 Å². The summed E-state index contributed by atoms with van der Waals surface area (Å²) in [7, 11) is -0.456. The molecule has 0 bridgehead atoms. The molecule has 0 amide bonds. The SMILES string of the molecule is COC1C(OP(O)S)C(CO)OC1n1cnc2c(N)ncnc21. The van der Waals surface area contributed by atoms with Gasteiger partial charge in [-0.15, -0.1) is 0 Å². The molecule has 3 heterocycles. The van der Waals surface area contributed by atoms with Gasteiger partial charge < -0.3 is 29.7 Å². The molecule has 3 rings (SSSR count). The molecule has 126 valence electrons. The molecule has 10 nitrogen and oxygen atoms in total. The average Bonchev–Trinajstić information content (AvgIpc) is 3.08. The second-order valence-electron chi connectivity index (χ2n) is 4.85. The molecule has 1 aliphatic heterocycles. The van der Waals surface area contributed by atoms with Crippen molar-refractivity contribution >= 4 is 36.8 Å². The summed E-state index contributed by atoms with van der Waals surface area (Å²) in [5.74, 6) is 0.251. The standard InChI is InChI=1S/C11H16N5O5PS/c1-19-8-7(21-22(18)23)5(2-17)20-11(8)16-4-15-6-9(12)13-3-14-10(6)16/h3-5,7-8,11,17-18,23H,2H2,1H3,(H2,12,13,14). The monoisotopic (exact) mass is 361 g/mol. The topological polar surface area (TPSA) is 138 Å². The molecular formula is C11H16N5O5PS. The van der Waals surface area contributed by atoms with Crippen LogP contribution in [-0.2, 0) is 14.0 Å². The van der Waals surface area contributed by atoms with Crippen LogP contribution in [0, 0.1) is 0 Å². The fourth-order valence-corrected chi connectivity index (χ4v) is 3.42. The summed E-state index contributed by atoms with van der Waals surface area (Å²) in [6.45, 7) is -0.304. The van der Waals surface area contributed by atoms with Gasteiger partial charge in [-0.3, -0.25) is 4.57 Å². The number of hydrogen-bond donors (Lipinski definition) is 4. The molecule has 5 unspecified atom stereocenters. The van der Waals surface area contributed by atoms with E-state index < -0.39 is 32.1 Å². The van der Waals surface area contributed by atoms with E-state index in [1.807, 2.05) is 0 Å². The molecule has 2 aromatic heterocycles. The fourth-order valence-electron chi connectivity index (χ4n) is 2.62. The maximum atomic E-state index is 9.50. The van der Waals surface area contributed by atoms with Gasteiger partial charge in [-0.25, -0.2) is 15.0 Å². The molecule has 12 heteroatoms. The smallest absolute Gasteiger partial charge is 0.232 e. The van der Waals surface area contributed by atoms with Crippen LogP contribution in [0.4, 0.5) is 5.82 Å². The number of fused-ring (bicyclic) bond motifs is 1. The van der Waals surface area contributed by atoms with E-state index in [2.05, 4.69) is 27.2 Å². The minimum atomic E-state index is -1.94. The number of nitrogens with zero attached hydrogens (tertiary/aromatic N) is 4. The average molecular weight is 361 g/mol. The summed E-state index contributed by atoms with van der Waals surface area (Å²) in [5.41, 5.74) is 6.69. The van der Waals surface area contributed by atoms with E-state index in [1.54, 1.807) is 4.57 Å². The minimum Gasteiger partial charge on any atom is -0.394 e. The number of aliphatic hydroxyl groups is 1. The Labute approximate surface area is 137 Å². The van der Waals surface area contributed by atoms with Crippen molar-refractivity contribution in [1.82, 2.24) is 19.5 Å². The van der Waals surface area contributed by atoms with Gasteiger partial charge in [0.25, 0.3) is 0 Å². The minimum absolute atomic E-state index is 0.251. The Morgan fingerprint density at radius 2 is 2.22 bits per heavy atom. The van der Waals surface area contributed by atoms with E-state index in [0.717, 1.165) is 0 Å². The van der Waals surface area contributed by atoms with Crippen molar-refractivity contribution in [3.05, 3.63) is 12.7 Å². The molecule has 1 aliphatic rings. The normalized spacial score (nSPS) is 29.2. The van der Waals surface area contributed by atoms with Crippen LogP contribution in [0.15, 0.2) is 12.7 Å². The van der Waals surface area contributed by atoms with Gasteiger partial charge in [0.1, 0.15) is 30.2 Å². The molecule has 1 saturated heterocycles. The van der Waals surface area contributed by atoms with Crippen molar-refractivity contribution in [1.29, 1.82) is 0 Å². The maximum Gasteiger partial charge on any atom is 0.232 e. The van der Waals surface area contributed by atoms with Gasteiger partial charge in [-0.2, -0.15) is 0 Å². The number of rotatable bonds is 5. The summed E-state index contributed by atoms with van der Waals surface area (Å²) in [6, 6.07) is 0. The molecule has 4 N–H and O–H groups in total. The zero-order chi connectivity index (χ0) is 16.6. The first-order valence-electron chi connectivity index (χ1n) is 6.63. The van der Waals surface area contributed by atoms with Crippen LogP contribution in [-0.4, -0.2) is 61.5 Å². The Morgan fingerprint density at radius 3 is 2.87 bits per heavy atom. The highest BCUT2D eigenvalue weighted by Gasteiger charge is 2.48. The summed E-state index contributed by atoms with van der Waals surface area (Å²) < 4.78 is 18.3. The third kappa shape index (κ3) is 3.01. The highest BCUT2D eigenvalue weighted by molar-refractivity contribution is 8.41. The van der Waals surface area contributed by atoms with E-state index in [1.165, 1.54) is 19.8 Å². The molecule has 5 atom stereocenters. The molecule has 0 spiro atoms. The van der Waals surface area contributed by atoms with Crippen LogP contribution in [0.2, 0.25) is 0 Å². The Balaban J connectivity index is 1.99. The third-order valence-electron chi connectivity index (χ3n) is 3.61. The van der Waals surface area contributed by atoms with E-state index in [-0.39, 0.29) is 12.4 Å². The van der Waals surface area contributed by atoms with Crippen molar-refractivity contribution < 1.29 is 24.0 Å². The van der Waals surface area contributed by atoms with Gasteiger partial charge >= 0.3 is 0 Å². The second-order valence-corrected chi connectivity index (χ2v) is 6.60. The zero-order valence-corrected chi connectivity index (χ0v) is 13.8. The largest absolute Gasteiger partial charge is 0.394 e. The lowest BCUT2D eigenvalue weighted by atomic mass is 10.1. The van der Waals surface area contributed by atoms with Gasteiger partial charge in [-0.05, 0) is 0 Å². The van der Waals surface area contributed by atoms with Crippen LogP contribution < -0.4 is 5.73 Å².